The monoisotopic (exact) mass is 466 g/mol. The van der Waals surface area contributed by atoms with Gasteiger partial charge in [0.1, 0.15) is 0 Å². The molecule has 0 aromatic heterocycles. The second kappa shape index (κ2) is 7.64. The van der Waals surface area contributed by atoms with Crippen LogP contribution in [-0.2, 0) is 9.53 Å². The maximum Gasteiger partial charge on any atom is 0.306 e. The Morgan fingerprint density at radius 2 is 1.53 bits per heavy atom. The molecule has 6 rings (SSSR count). The third-order valence-corrected chi connectivity index (χ3v) is 8.24. The van der Waals surface area contributed by atoms with Crippen LogP contribution in [0.1, 0.15) is 55.3 Å². The van der Waals surface area contributed by atoms with E-state index >= 15 is 0 Å². The Balaban J connectivity index is 1.17. The zero-order chi connectivity index (χ0) is 20.8. The highest BCUT2D eigenvalue weighted by molar-refractivity contribution is 9.10. The first kappa shape index (κ1) is 20.0. The maximum atomic E-state index is 12.6. The summed E-state index contributed by atoms with van der Waals surface area (Å²) in [6.45, 7) is -0.175. The zero-order valence-electron chi connectivity index (χ0n) is 17.1. The van der Waals surface area contributed by atoms with Gasteiger partial charge >= 0.3 is 5.97 Å². The molecule has 2 unspecified atom stereocenters. The summed E-state index contributed by atoms with van der Waals surface area (Å²) in [5.74, 6) is 1.11. The first-order chi connectivity index (χ1) is 14.4. The molecule has 2 aromatic carbocycles. The molecular formula is C26H27BrO3. The third kappa shape index (κ3) is 3.99. The van der Waals surface area contributed by atoms with Gasteiger partial charge in [-0.25, -0.2) is 0 Å². The Morgan fingerprint density at radius 3 is 2.17 bits per heavy atom. The van der Waals surface area contributed by atoms with Crippen molar-refractivity contribution >= 4 is 27.7 Å². The number of hydrogen-bond acceptors (Lipinski definition) is 3. The second-order valence-electron chi connectivity index (χ2n) is 9.82. The van der Waals surface area contributed by atoms with Crippen molar-refractivity contribution in [2.45, 2.75) is 49.3 Å². The summed E-state index contributed by atoms with van der Waals surface area (Å²) < 4.78 is 5.67. The van der Waals surface area contributed by atoms with Gasteiger partial charge in [-0.2, -0.15) is 0 Å². The number of benzene rings is 2. The van der Waals surface area contributed by atoms with Crippen molar-refractivity contribution in [1.29, 1.82) is 0 Å². The van der Waals surface area contributed by atoms with Gasteiger partial charge in [-0.15, -0.1) is 0 Å². The molecular weight excluding hydrogens is 440 g/mol. The van der Waals surface area contributed by atoms with Gasteiger partial charge in [0.05, 0.1) is 6.42 Å². The number of alkyl halides is 1. The molecule has 0 aliphatic heterocycles. The van der Waals surface area contributed by atoms with Crippen LogP contribution in [0.4, 0.5) is 0 Å². The fourth-order valence-electron chi connectivity index (χ4n) is 6.61. The zero-order valence-corrected chi connectivity index (χ0v) is 18.7. The number of halogens is 1. The normalized spacial score (nSPS) is 31.5. The minimum Gasteiger partial charge on any atom is -0.457 e. The highest BCUT2D eigenvalue weighted by atomic mass is 79.9. The molecule has 4 aliphatic rings. The quantitative estimate of drug-likeness (QED) is 0.289. The summed E-state index contributed by atoms with van der Waals surface area (Å²) in [7, 11) is 0. The Morgan fingerprint density at radius 1 is 0.900 bits per heavy atom. The van der Waals surface area contributed by atoms with Crippen LogP contribution >= 0.6 is 15.9 Å². The van der Waals surface area contributed by atoms with Crippen molar-refractivity contribution in [2.24, 2.45) is 17.3 Å². The summed E-state index contributed by atoms with van der Waals surface area (Å²) in [5, 5.41) is 0. The lowest BCUT2D eigenvalue weighted by molar-refractivity contribution is -0.149. The molecule has 4 bridgehead atoms. The molecule has 0 saturated heterocycles. The average Bonchev–Trinajstić information content (AvgIpc) is 2.70. The first-order valence-electron chi connectivity index (χ1n) is 11.0. The van der Waals surface area contributed by atoms with Crippen molar-refractivity contribution < 1.29 is 14.3 Å². The molecule has 4 fully saturated rings. The minimum atomic E-state index is -0.220. The number of hydrogen-bond donors (Lipinski definition) is 0. The van der Waals surface area contributed by atoms with Crippen molar-refractivity contribution in [3.8, 4) is 11.1 Å². The molecule has 0 N–H and O–H groups in total. The van der Waals surface area contributed by atoms with Crippen LogP contribution < -0.4 is 0 Å². The van der Waals surface area contributed by atoms with E-state index in [0.29, 0.717) is 12.0 Å². The molecule has 0 spiro atoms. The number of rotatable bonds is 6. The van der Waals surface area contributed by atoms with Gasteiger partial charge in [0.25, 0.3) is 0 Å². The van der Waals surface area contributed by atoms with E-state index < -0.39 is 0 Å². The molecule has 2 aromatic rings. The van der Waals surface area contributed by atoms with Gasteiger partial charge < -0.3 is 4.74 Å². The molecule has 2 atom stereocenters. The molecule has 3 nitrogen and oxygen atoms in total. The minimum absolute atomic E-state index is 0.0745. The Hall–Kier alpha value is -1.94. The van der Waals surface area contributed by atoms with Crippen LogP contribution in [0.15, 0.2) is 54.6 Å². The second-order valence-corrected chi connectivity index (χ2v) is 11.5. The van der Waals surface area contributed by atoms with E-state index in [0.717, 1.165) is 42.2 Å². The topological polar surface area (TPSA) is 43.4 Å². The van der Waals surface area contributed by atoms with Crippen LogP contribution in [0.3, 0.4) is 0 Å². The van der Waals surface area contributed by atoms with Gasteiger partial charge in [0.2, 0.25) is 0 Å². The van der Waals surface area contributed by atoms with E-state index in [1.165, 1.54) is 19.3 Å². The first-order valence-corrected chi connectivity index (χ1v) is 11.7. The average molecular weight is 467 g/mol. The molecule has 4 saturated carbocycles. The molecule has 0 amide bonds. The summed E-state index contributed by atoms with van der Waals surface area (Å²) in [6.07, 6.45) is 7.61. The predicted molar refractivity (Wildman–Crippen MR) is 121 cm³/mol. The molecule has 0 heterocycles. The predicted octanol–water partition coefficient (Wildman–Crippen LogP) is 6.20. The van der Waals surface area contributed by atoms with E-state index in [1.807, 2.05) is 54.6 Å². The maximum absolute atomic E-state index is 12.6. The third-order valence-electron chi connectivity index (χ3n) is 7.31. The van der Waals surface area contributed by atoms with E-state index in [9.17, 15) is 9.59 Å². The Kier molecular flexibility index (Phi) is 5.09. The van der Waals surface area contributed by atoms with Crippen molar-refractivity contribution in [3.63, 3.8) is 0 Å². The fourth-order valence-corrected chi connectivity index (χ4v) is 8.12. The summed E-state index contributed by atoms with van der Waals surface area (Å²) in [6, 6.07) is 17.6. The van der Waals surface area contributed by atoms with Gasteiger partial charge in [0.15, 0.2) is 12.4 Å². The molecule has 0 radical (unpaired) electrons. The van der Waals surface area contributed by atoms with Gasteiger partial charge in [-0.3, -0.25) is 9.59 Å². The largest absolute Gasteiger partial charge is 0.457 e. The fraction of sp³-hybridized carbons (Fsp3) is 0.462. The van der Waals surface area contributed by atoms with Gasteiger partial charge in [-0.05, 0) is 66.9 Å². The Bertz CT molecular complexity index is 936. The van der Waals surface area contributed by atoms with Crippen LogP contribution in [0.5, 0.6) is 0 Å². The van der Waals surface area contributed by atoms with Crippen molar-refractivity contribution in [3.05, 3.63) is 60.2 Å². The Labute approximate surface area is 186 Å². The highest BCUT2D eigenvalue weighted by Gasteiger charge is 2.57. The lowest BCUT2D eigenvalue weighted by Gasteiger charge is -2.60. The standard InChI is InChI=1S/C26H27BrO3/c27-26-13-18-10-19(14-26)12-25(11-18,17-26)15-24(29)30-16-23(28)22-8-6-21(7-9-22)20-4-2-1-3-5-20/h1-9,18-19H,10-17H2. The van der Waals surface area contributed by atoms with Crippen LogP contribution in [0.2, 0.25) is 0 Å². The van der Waals surface area contributed by atoms with E-state index in [1.54, 1.807) is 0 Å². The smallest absolute Gasteiger partial charge is 0.306 e. The molecule has 4 aliphatic carbocycles. The molecule has 156 valence electrons. The SMILES string of the molecule is O=C(CC12CC3CC(CC(Br)(C3)C1)C2)OCC(=O)c1ccc(-c2ccccc2)cc1. The number of esters is 1. The van der Waals surface area contributed by atoms with E-state index in [4.69, 9.17) is 4.74 Å². The summed E-state index contributed by atoms with van der Waals surface area (Å²) in [5.41, 5.74) is 2.83. The summed E-state index contributed by atoms with van der Waals surface area (Å²) >= 11 is 3.99. The highest BCUT2D eigenvalue weighted by Crippen LogP contribution is 2.65. The van der Waals surface area contributed by atoms with E-state index in [2.05, 4.69) is 15.9 Å². The number of carbonyl (C=O) groups is 2. The lowest BCUT2D eigenvalue weighted by atomic mass is 9.49. The van der Waals surface area contributed by atoms with Crippen molar-refractivity contribution in [1.82, 2.24) is 0 Å². The number of carbonyl (C=O) groups excluding carboxylic acids is 2. The van der Waals surface area contributed by atoms with Crippen molar-refractivity contribution in [2.75, 3.05) is 6.61 Å². The van der Waals surface area contributed by atoms with Crippen LogP contribution in [0.25, 0.3) is 11.1 Å². The van der Waals surface area contributed by atoms with Gasteiger partial charge in [-0.1, -0.05) is 70.5 Å². The number of ether oxygens (including phenoxy) is 1. The van der Waals surface area contributed by atoms with E-state index in [-0.39, 0.29) is 28.1 Å². The molecule has 4 heteroatoms. The summed E-state index contributed by atoms with van der Waals surface area (Å²) in [4.78, 5) is 25.1. The van der Waals surface area contributed by atoms with Gasteiger partial charge in [0, 0.05) is 9.89 Å². The number of Topliss-reactive ketones (excluding diaryl/α,β-unsaturated/α-hetero) is 1. The van der Waals surface area contributed by atoms with Crippen LogP contribution in [0, 0.1) is 17.3 Å². The number of ketones is 1. The molecule has 30 heavy (non-hydrogen) atoms. The van der Waals surface area contributed by atoms with Crippen LogP contribution in [-0.4, -0.2) is 22.7 Å². The lowest BCUT2D eigenvalue weighted by Crippen LogP contribution is -2.53.